The van der Waals surface area contributed by atoms with E-state index in [0.29, 0.717) is 0 Å². The Hall–Kier alpha value is -1.66. The molecule has 2 unspecified atom stereocenters. The Bertz CT molecular complexity index is 543. The second-order valence-electron chi connectivity index (χ2n) is 5.33. The molecule has 2 aromatic rings. The summed E-state index contributed by atoms with van der Waals surface area (Å²) < 4.78 is 3.85. The summed E-state index contributed by atoms with van der Waals surface area (Å²) in [4.78, 5) is 6.63. The minimum Gasteiger partial charge on any atom is -0.337 e. The third-order valence-corrected chi connectivity index (χ3v) is 3.73. The maximum Gasteiger partial charge on any atom is 0.122 e. The molecule has 2 aromatic heterocycles. The van der Waals surface area contributed by atoms with Crippen LogP contribution in [0.2, 0.25) is 0 Å². The van der Waals surface area contributed by atoms with Crippen molar-refractivity contribution in [3.05, 3.63) is 36.2 Å². The number of aryl methyl sites for hydroxylation is 2. The van der Waals surface area contributed by atoms with E-state index in [4.69, 9.17) is 5.73 Å². The predicted molar refractivity (Wildman–Crippen MR) is 78.9 cm³/mol. The second-order valence-corrected chi connectivity index (χ2v) is 5.33. The molecule has 2 rings (SSSR count). The standard InChI is InChI=1S/C14H24N6/c1-5-12(15)14(11-8-17-20(4)9-11)19(3)10-13-16-6-7-18(13)2/h6-9,12,14H,5,10,15H2,1-4H3. The Labute approximate surface area is 120 Å². The number of likely N-dealkylation sites (N-methyl/N-ethyl adjacent to an activating group) is 1. The van der Waals surface area contributed by atoms with E-state index in [1.54, 1.807) is 0 Å². The largest absolute Gasteiger partial charge is 0.337 e. The topological polar surface area (TPSA) is 64.9 Å². The van der Waals surface area contributed by atoms with Crippen LogP contribution in [0.25, 0.3) is 0 Å². The van der Waals surface area contributed by atoms with Crippen LogP contribution in [-0.2, 0) is 20.6 Å². The van der Waals surface area contributed by atoms with Gasteiger partial charge in [0.2, 0.25) is 0 Å². The monoisotopic (exact) mass is 276 g/mol. The molecule has 0 aliphatic rings. The Morgan fingerprint density at radius 2 is 2.15 bits per heavy atom. The minimum atomic E-state index is 0.0736. The Morgan fingerprint density at radius 1 is 1.40 bits per heavy atom. The van der Waals surface area contributed by atoms with Crippen molar-refractivity contribution in [3.8, 4) is 0 Å². The van der Waals surface area contributed by atoms with Gasteiger partial charge in [0.1, 0.15) is 5.82 Å². The Kier molecular flexibility index (Phi) is 4.57. The second kappa shape index (κ2) is 6.19. The highest BCUT2D eigenvalue weighted by Crippen LogP contribution is 2.24. The fraction of sp³-hybridized carbons (Fsp3) is 0.571. The molecule has 0 aromatic carbocycles. The van der Waals surface area contributed by atoms with Gasteiger partial charge in [-0.15, -0.1) is 0 Å². The van der Waals surface area contributed by atoms with Crippen molar-refractivity contribution < 1.29 is 0 Å². The first-order valence-corrected chi connectivity index (χ1v) is 6.93. The number of hydrogen-bond donors (Lipinski definition) is 1. The van der Waals surface area contributed by atoms with Crippen LogP contribution < -0.4 is 5.73 Å². The summed E-state index contributed by atoms with van der Waals surface area (Å²) in [7, 11) is 6.02. The molecule has 20 heavy (non-hydrogen) atoms. The van der Waals surface area contributed by atoms with E-state index in [1.165, 1.54) is 0 Å². The molecule has 0 saturated heterocycles. The minimum absolute atomic E-state index is 0.0736. The molecule has 110 valence electrons. The molecular formula is C14H24N6. The highest BCUT2D eigenvalue weighted by Gasteiger charge is 2.25. The van der Waals surface area contributed by atoms with Crippen molar-refractivity contribution in [1.82, 2.24) is 24.2 Å². The first-order chi connectivity index (χ1) is 9.52. The highest BCUT2D eigenvalue weighted by atomic mass is 15.3. The quantitative estimate of drug-likeness (QED) is 0.857. The Balaban J connectivity index is 2.20. The fourth-order valence-electron chi connectivity index (χ4n) is 2.51. The molecule has 2 heterocycles. The summed E-state index contributed by atoms with van der Waals surface area (Å²) in [6, 6.07) is 0.217. The van der Waals surface area contributed by atoms with Gasteiger partial charge in [0, 0.05) is 44.3 Å². The molecule has 0 aliphatic carbocycles. The molecule has 0 radical (unpaired) electrons. The number of rotatable bonds is 6. The summed E-state index contributed by atoms with van der Waals surface area (Å²) >= 11 is 0. The van der Waals surface area contributed by atoms with E-state index in [-0.39, 0.29) is 12.1 Å². The fourth-order valence-corrected chi connectivity index (χ4v) is 2.51. The SMILES string of the molecule is CCC(N)C(c1cnn(C)c1)N(C)Cc1nccn1C. The van der Waals surface area contributed by atoms with E-state index in [0.717, 1.165) is 24.4 Å². The molecule has 0 aliphatic heterocycles. The van der Waals surface area contributed by atoms with Crippen LogP contribution in [0.15, 0.2) is 24.8 Å². The lowest BCUT2D eigenvalue weighted by Crippen LogP contribution is -2.38. The summed E-state index contributed by atoms with van der Waals surface area (Å²) in [5.74, 6) is 1.03. The molecular weight excluding hydrogens is 252 g/mol. The number of imidazole rings is 1. The van der Waals surface area contributed by atoms with Gasteiger partial charge in [-0.3, -0.25) is 9.58 Å². The van der Waals surface area contributed by atoms with Crippen LogP contribution in [0.3, 0.4) is 0 Å². The maximum atomic E-state index is 6.32. The van der Waals surface area contributed by atoms with Crippen LogP contribution in [0.1, 0.15) is 30.8 Å². The Morgan fingerprint density at radius 3 is 2.65 bits per heavy atom. The molecule has 0 fully saturated rings. The molecule has 0 amide bonds. The van der Waals surface area contributed by atoms with Crippen molar-refractivity contribution >= 4 is 0 Å². The zero-order valence-electron chi connectivity index (χ0n) is 12.7. The molecule has 2 N–H and O–H groups in total. The average Bonchev–Trinajstić information content (AvgIpc) is 2.99. The predicted octanol–water partition coefficient (Wildman–Crippen LogP) is 1.06. The third-order valence-electron chi connectivity index (χ3n) is 3.73. The molecule has 6 nitrogen and oxygen atoms in total. The summed E-state index contributed by atoms with van der Waals surface area (Å²) in [5.41, 5.74) is 7.47. The molecule has 0 spiro atoms. The molecule has 0 saturated carbocycles. The molecule has 2 atom stereocenters. The van der Waals surface area contributed by atoms with Gasteiger partial charge in [-0.05, 0) is 13.5 Å². The van der Waals surface area contributed by atoms with Gasteiger partial charge >= 0.3 is 0 Å². The highest BCUT2D eigenvalue weighted by molar-refractivity contribution is 5.13. The number of aromatic nitrogens is 4. The van der Waals surface area contributed by atoms with Crippen molar-refractivity contribution in [2.24, 2.45) is 19.8 Å². The first kappa shape index (κ1) is 14.7. The van der Waals surface area contributed by atoms with Gasteiger partial charge in [0.25, 0.3) is 0 Å². The number of nitrogens with two attached hydrogens (primary N) is 1. The van der Waals surface area contributed by atoms with Crippen molar-refractivity contribution in [1.29, 1.82) is 0 Å². The van der Waals surface area contributed by atoms with Gasteiger partial charge in [-0.2, -0.15) is 5.10 Å². The smallest absolute Gasteiger partial charge is 0.122 e. The molecule has 6 heteroatoms. The normalized spacial score (nSPS) is 14.7. The van der Waals surface area contributed by atoms with Crippen molar-refractivity contribution in [2.75, 3.05) is 7.05 Å². The van der Waals surface area contributed by atoms with E-state index >= 15 is 0 Å². The van der Waals surface area contributed by atoms with Gasteiger partial charge in [-0.25, -0.2) is 4.98 Å². The number of hydrogen-bond acceptors (Lipinski definition) is 4. The van der Waals surface area contributed by atoms with Crippen molar-refractivity contribution in [3.63, 3.8) is 0 Å². The lowest BCUT2D eigenvalue weighted by Gasteiger charge is -2.31. The van der Waals surface area contributed by atoms with Gasteiger partial charge in [0.15, 0.2) is 0 Å². The van der Waals surface area contributed by atoms with E-state index in [1.807, 2.05) is 48.1 Å². The zero-order valence-corrected chi connectivity index (χ0v) is 12.7. The summed E-state index contributed by atoms with van der Waals surface area (Å²) in [5, 5.41) is 4.26. The lowest BCUT2D eigenvalue weighted by atomic mass is 9.99. The zero-order chi connectivity index (χ0) is 14.7. The lowest BCUT2D eigenvalue weighted by molar-refractivity contribution is 0.195. The third kappa shape index (κ3) is 3.08. The maximum absolute atomic E-state index is 6.32. The van der Waals surface area contributed by atoms with Gasteiger partial charge < -0.3 is 10.3 Å². The van der Waals surface area contributed by atoms with Crippen LogP contribution >= 0.6 is 0 Å². The summed E-state index contributed by atoms with van der Waals surface area (Å²) in [6.45, 7) is 2.87. The average molecular weight is 276 g/mol. The van der Waals surface area contributed by atoms with E-state index in [9.17, 15) is 0 Å². The van der Waals surface area contributed by atoms with Gasteiger partial charge in [0.05, 0.1) is 18.8 Å². The van der Waals surface area contributed by atoms with E-state index in [2.05, 4.69) is 29.0 Å². The van der Waals surface area contributed by atoms with Crippen LogP contribution in [0.4, 0.5) is 0 Å². The summed E-state index contributed by atoms with van der Waals surface area (Å²) in [6.07, 6.45) is 8.64. The van der Waals surface area contributed by atoms with Crippen molar-refractivity contribution in [2.45, 2.75) is 32.0 Å². The van der Waals surface area contributed by atoms with E-state index < -0.39 is 0 Å². The van der Waals surface area contributed by atoms with Crippen LogP contribution in [0.5, 0.6) is 0 Å². The first-order valence-electron chi connectivity index (χ1n) is 6.93. The number of nitrogens with zero attached hydrogens (tertiary/aromatic N) is 5. The molecule has 0 bridgehead atoms. The van der Waals surface area contributed by atoms with Crippen LogP contribution in [0, 0.1) is 0 Å². The van der Waals surface area contributed by atoms with Gasteiger partial charge in [-0.1, -0.05) is 6.92 Å². The van der Waals surface area contributed by atoms with Crippen LogP contribution in [-0.4, -0.2) is 37.3 Å².